The largest absolute Gasteiger partial charge is 0.356 e. The molecule has 0 aliphatic rings. The minimum atomic E-state index is 0.148. The highest BCUT2D eigenvalue weighted by Crippen LogP contribution is 2.10. The quantitative estimate of drug-likeness (QED) is 0.724. The topological polar surface area (TPSA) is 41.1 Å². The summed E-state index contributed by atoms with van der Waals surface area (Å²) in [6, 6.07) is 6.46. The first-order valence-corrected chi connectivity index (χ1v) is 6.61. The maximum Gasteiger partial charge on any atom is 0.220 e. The van der Waals surface area contributed by atoms with Gasteiger partial charge in [-0.25, -0.2) is 0 Å². The van der Waals surface area contributed by atoms with Crippen molar-refractivity contribution in [3.05, 3.63) is 34.9 Å². The Bertz CT molecular complexity index is 388. The lowest BCUT2D eigenvalue weighted by Crippen LogP contribution is -2.26. The molecule has 1 aromatic rings. The second-order valence-corrected chi connectivity index (χ2v) is 4.74. The number of amides is 1. The number of nitrogens with one attached hydrogen (secondary N) is 2. The summed E-state index contributed by atoms with van der Waals surface area (Å²) >= 11 is 0. The molecule has 0 saturated carbocycles. The minimum Gasteiger partial charge on any atom is -0.356 e. The van der Waals surface area contributed by atoms with Crippen molar-refractivity contribution >= 4 is 5.91 Å². The van der Waals surface area contributed by atoms with Crippen LogP contribution >= 0.6 is 0 Å². The van der Waals surface area contributed by atoms with Gasteiger partial charge in [0.1, 0.15) is 0 Å². The number of carbonyl (C=O) groups is 1. The molecular formula is C15H24N2O. The van der Waals surface area contributed by atoms with E-state index in [9.17, 15) is 4.79 Å². The molecule has 1 rings (SSSR count). The van der Waals surface area contributed by atoms with Crippen molar-refractivity contribution in [3.8, 4) is 0 Å². The van der Waals surface area contributed by atoms with E-state index in [2.05, 4.69) is 42.7 Å². The SMILES string of the molecule is CNCCCC(=O)NCCc1ccc(C)cc1C. The summed E-state index contributed by atoms with van der Waals surface area (Å²) in [5.41, 5.74) is 3.91. The van der Waals surface area contributed by atoms with Crippen molar-refractivity contribution in [1.82, 2.24) is 10.6 Å². The molecule has 1 aromatic carbocycles. The molecule has 3 nitrogen and oxygen atoms in total. The van der Waals surface area contributed by atoms with Gasteiger partial charge in [-0.05, 0) is 51.4 Å². The average molecular weight is 248 g/mol. The molecule has 100 valence electrons. The van der Waals surface area contributed by atoms with E-state index in [0.29, 0.717) is 6.42 Å². The van der Waals surface area contributed by atoms with E-state index in [4.69, 9.17) is 0 Å². The molecule has 18 heavy (non-hydrogen) atoms. The van der Waals surface area contributed by atoms with Gasteiger partial charge in [-0.2, -0.15) is 0 Å². The van der Waals surface area contributed by atoms with Crippen LogP contribution in [0.4, 0.5) is 0 Å². The lowest BCUT2D eigenvalue weighted by atomic mass is 10.0. The lowest BCUT2D eigenvalue weighted by molar-refractivity contribution is -0.121. The summed E-state index contributed by atoms with van der Waals surface area (Å²) in [4.78, 5) is 11.5. The molecule has 0 heterocycles. The van der Waals surface area contributed by atoms with Gasteiger partial charge in [0.2, 0.25) is 5.91 Å². The Morgan fingerprint density at radius 2 is 2.00 bits per heavy atom. The van der Waals surface area contributed by atoms with Crippen molar-refractivity contribution in [2.24, 2.45) is 0 Å². The molecule has 2 N–H and O–H groups in total. The zero-order valence-corrected chi connectivity index (χ0v) is 11.7. The summed E-state index contributed by atoms with van der Waals surface area (Å²) < 4.78 is 0. The Morgan fingerprint density at radius 1 is 1.22 bits per heavy atom. The van der Waals surface area contributed by atoms with Gasteiger partial charge >= 0.3 is 0 Å². The van der Waals surface area contributed by atoms with Gasteiger partial charge in [0.15, 0.2) is 0 Å². The van der Waals surface area contributed by atoms with Crippen LogP contribution in [0.25, 0.3) is 0 Å². The lowest BCUT2D eigenvalue weighted by Gasteiger charge is -2.08. The third-order valence-electron chi connectivity index (χ3n) is 3.05. The fourth-order valence-corrected chi connectivity index (χ4v) is 1.98. The van der Waals surface area contributed by atoms with Crippen LogP contribution in [0, 0.1) is 13.8 Å². The number of carbonyl (C=O) groups excluding carboxylic acids is 1. The number of hydrogen-bond acceptors (Lipinski definition) is 2. The van der Waals surface area contributed by atoms with Crippen molar-refractivity contribution in [3.63, 3.8) is 0 Å². The van der Waals surface area contributed by atoms with Crippen LogP contribution < -0.4 is 10.6 Å². The molecular weight excluding hydrogens is 224 g/mol. The molecule has 0 saturated heterocycles. The van der Waals surface area contributed by atoms with Gasteiger partial charge < -0.3 is 10.6 Å². The summed E-state index contributed by atoms with van der Waals surface area (Å²) in [6.45, 7) is 5.84. The van der Waals surface area contributed by atoms with Crippen LogP contribution in [0.2, 0.25) is 0 Å². The second-order valence-electron chi connectivity index (χ2n) is 4.74. The summed E-state index contributed by atoms with van der Waals surface area (Å²) in [5.74, 6) is 0.148. The Balaban J connectivity index is 2.26. The fraction of sp³-hybridized carbons (Fsp3) is 0.533. The molecule has 0 aliphatic carbocycles. The summed E-state index contributed by atoms with van der Waals surface area (Å²) in [7, 11) is 1.90. The average Bonchev–Trinajstić information content (AvgIpc) is 2.32. The van der Waals surface area contributed by atoms with E-state index in [1.54, 1.807) is 0 Å². The molecule has 0 bridgehead atoms. The normalized spacial score (nSPS) is 10.4. The van der Waals surface area contributed by atoms with E-state index >= 15 is 0 Å². The maximum absolute atomic E-state index is 11.5. The Morgan fingerprint density at radius 3 is 2.67 bits per heavy atom. The highest BCUT2D eigenvalue weighted by molar-refractivity contribution is 5.75. The summed E-state index contributed by atoms with van der Waals surface area (Å²) in [6.07, 6.45) is 2.41. The molecule has 0 spiro atoms. The first-order chi connectivity index (χ1) is 8.63. The number of rotatable bonds is 7. The minimum absolute atomic E-state index is 0.148. The molecule has 0 unspecified atom stereocenters. The fourth-order valence-electron chi connectivity index (χ4n) is 1.98. The highest BCUT2D eigenvalue weighted by Gasteiger charge is 2.02. The molecule has 1 amide bonds. The first kappa shape index (κ1) is 14.7. The standard InChI is InChI=1S/C15H24N2O/c1-12-6-7-14(13(2)11-12)8-10-17-15(18)5-4-9-16-3/h6-7,11,16H,4-5,8-10H2,1-3H3,(H,17,18). The van der Waals surface area contributed by atoms with Gasteiger partial charge in [0.25, 0.3) is 0 Å². The Labute approximate surface area is 110 Å². The maximum atomic E-state index is 11.5. The molecule has 3 heteroatoms. The van der Waals surface area contributed by atoms with E-state index in [1.165, 1.54) is 16.7 Å². The molecule has 0 fully saturated rings. The smallest absolute Gasteiger partial charge is 0.220 e. The van der Waals surface area contributed by atoms with Crippen molar-refractivity contribution < 1.29 is 4.79 Å². The second kappa shape index (κ2) is 7.88. The van der Waals surface area contributed by atoms with Crippen LogP contribution in [0.1, 0.15) is 29.5 Å². The Hall–Kier alpha value is -1.35. The molecule has 0 atom stereocenters. The van der Waals surface area contributed by atoms with Crippen molar-refractivity contribution in [2.75, 3.05) is 20.1 Å². The zero-order chi connectivity index (χ0) is 13.4. The predicted octanol–water partition coefficient (Wildman–Crippen LogP) is 1.96. The highest BCUT2D eigenvalue weighted by atomic mass is 16.1. The van der Waals surface area contributed by atoms with Gasteiger partial charge in [0.05, 0.1) is 0 Å². The Kier molecular flexibility index (Phi) is 6.44. The van der Waals surface area contributed by atoms with Crippen LogP contribution in [-0.4, -0.2) is 26.0 Å². The van der Waals surface area contributed by atoms with Crippen LogP contribution in [0.15, 0.2) is 18.2 Å². The molecule has 0 aliphatic heterocycles. The molecule has 0 aromatic heterocycles. The van der Waals surface area contributed by atoms with Crippen molar-refractivity contribution in [2.45, 2.75) is 33.1 Å². The zero-order valence-electron chi connectivity index (χ0n) is 11.7. The van der Waals surface area contributed by atoms with Gasteiger partial charge in [0, 0.05) is 13.0 Å². The van der Waals surface area contributed by atoms with Crippen LogP contribution in [-0.2, 0) is 11.2 Å². The number of benzene rings is 1. The van der Waals surface area contributed by atoms with Gasteiger partial charge in [-0.1, -0.05) is 23.8 Å². The summed E-state index contributed by atoms with van der Waals surface area (Å²) in [5, 5.41) is 6.00. The van der Waals surface area contributed by atoms with Gasteiger partial charge in [-0.15, -0.1) is 0 Å². The van der Waals surface area contributed by atoms with E-state index in [0.717, 1.165) is 25.9 Å². The predicted molar refractivity (Wildman–Crippen MR) is 75.8 cm³/mol. The number of hydrogen-bond donors (Lipinski definition) is 2. The monoisotopic (exact) mass is 248 g/mol. The van der Waals surface area contributed by atoms with E-state index < -0.39 is 0 Å². The van der Waals surface area contributed by atoms with E-state index in [-0.39, 0.29) is 5.91 Å². The van der Waals surface area contributed by atoms with E-state index in [1.807, 2.05) is 7.05 Å². The first-order valence-electron chi connectivity index (χ1n) is 6.61. The van der Waals surface area contributed by atoms with Gasteiger partial charge in [-0.3, -0.25) is 4.79 Å². The van der Waals surface area contributed by atoms with Crippen molar-refractivity contribution in [1.29, 1.82) is 0 Å². The molecule has 0 radical (unpaired) electrons. The number of aryl methyl sites for hydroxylation is 2. The van der Waals surface area contributed by atoms with Crippen LogP contribution in [0.3, 0.4) is 0 Å². The third kappa shape index (κ3) is 5.32. The third-order valence-corrected chi connectivity index (χ3v) is 3.05. The van der Waals surface area contributed by atoms with Crippen LogP contribution in [0.5, 0.6) is 0 Å².